The van der Waals surface area contributed by atoms with Crippen LogP contribution in [0.4, 0.5) is 0 Å². The van der Waals surface area contributed by atoms with Crippen LogP contribution in [-0.2, 0) is 0 Å². The van der Waals surface area contributed by atoms with Gasteiger partial charge in [0.05, 0.1) is 17.9 Å². The number of halogens is 1. The molecule has 2 aliphatic rings. The Morgan fingerprint density at radius 2 is 1.92 bits per heavy atom. The first kappa shape index (κ1) is 18.2. The monoisotopic (exact) mass is 451 g/mol. The molecule has 1 aliphatic carbocycles. The number of benzene rings is 1. The van der Waals surface area contributed by atoms with E-state index in [1.807, 2.05) is 29.1 Å². The SMILES string of the molecule is CC1CCN(C(N)=N[C@@H]2C[C@H]2c2cnn(-c3ccccc3)c2)CC1.I. The fourth-order valence-corrected chi connectivity index (χ4v) is 3.42. The third-order valence-corrected chi connectivity index (χ3v) is 5.21. The van der Waals surface area contributed by atoms with Crippen LogP contribution in [0.25, 0.3) is 5.69 Å². The maximum absolute atomic E-state index is 6.23. The number of nitrogens with zero attached hydrogens (tertiary/aromatic N) is 4. The standard InChI is InChI=1S/C19H25N5.HI/c1-14-7-9-23(10-8-14)19(20)22-18-11-17(18)15-12-21-24(13-15)16-5-3-2-4-6-16;/h2-6,12-14,17-18H,7-11H2,1H3,(H2,20,22);1H/t17-,18+;/m0./s1. The van der Waals surface area contributed by atoms with Crippen LogP contribution in [0.15, 0.2) is 47.7 Å². The number of nitrogens with two attached hydrogens (primary N) is 1. The van der Waals surface area contributed by atoms with Crippen LogP contribution < -0.4 is 5.73 Å². The number of aromatic nitrogens is 2. The highest BCUT2D eigenvalue weighted by atomic mass is 127. The first-order valence-corrected chi connectivity index (χ1v) is 8.89. The van der Waals surface area contributed by atoms with E-state index < -0.39 is 0 Å². The number of hydrogen-bond donors (Lipinski definition) is 1. The fraction of sp³-hybridized carbons (Fsp3) is 0.474. The zero-order valence-corrected chi connectivity index (χ0v) is 16.9. The Bertz CT molecular complexity index is 718. The van der Waals surface area contributed by atoms with Crippen molar-refractivity contribution in [3.05, 3.63) is 48.3 Å². The number of rotatable bonds is 3. The predicted octanol–water partition coefficient (Wildman–Crippen LogP) is 3.39. The van der Waals surface area contributed by atoms with Gasteiger partial charge in [-0.15, -0.1) is 24.0 Å². The van der Waals surface area contributed by atoms with E-state index in [-0.39, 0.29) is 24.0 Å². The molecule has 0 unspecified atom stereocenters. The third-order valence-electron chi connectivity index (χ3n) is 5.21. The second-order valence-electron chi connectivity index (χ2n) is 7.12. The second kappa shape index (κ2) is 7.76. The normalized spacial score (nSPS) is 24.0. The van der Waals surface area contributed by atoms with Crippen LogP contribution in [0, 0.1) is 5.92 Å². The van der Waals surface area contributed by atoms with Crippen molar-refractivity contribution in [2.24, 2.45) is 16.6 Å². The molecule has 1 aliphatic heterocycles. The average Bonchev–Trinajstić information content (AvgIpc) is 3.19. The number of likely N-dealkylation sites (tertiary alicyclic amines) is 1. The molecule has 1 saturated heterocycles. The number of piperidine rings is 1. The van der Waals surface area contributed by atoms with Gasteiger partial charge in [-0.1, -0.05) is 25.1 Å². The Morgan fingerprint density at radius 3 is 2.64 bits per heavy atom. The summed E-state index contributed by atoms with van der Waals surface area (Å²) < 4.78 is 1.93. The first-order chi connectivity index (χ1) is 11.7. The lowest BCUT2D eigenvalue weighted by molar-refractivity contribution is 0.277. The molecule has 1 aromatic heterocycles. The molecule has 25 heavy (non-hydrogen) atoms. The maximum Gasteiger partial charge on any atom is 0.191 e. The summed E-state index contributed by atoms with van der Waals surface area (Å²) in [6, 6.07) is 10.5. The van der Waals surface area contributed by atoms with E-state index in [9.17, 15) is 0 Å². The zero-order chi connectivity index (χ0) is 16.5. The van der Waals surface area contributed by atoms with Gasteiger partial charge in [0.25, 0.3) is 0 Å². The molecule has 2 N–H and O–H groups in total. The molecule has 6 heteroatoms. The Kier molecular flexibility index (Phi) is 5.66. The molecule has 134 valence electrons. The van der Waals surface area contributed by atoms with Crippen molar-refractivity contribution in [1.82, 2.24) is 14.7 Å². The summed E-state index contributed by atoms with van der Waals surface area (Å²) in [7, 11) is 0. The molecule has 0 amide bonds. The summed E-state index contributed by atoms with van der Waals surface area (Å²) >= 11 is 0. The highest BCUT2D eigenvalue weighted by molar-refractivity contribution is 14.0. The molecule has 0 bridgehead atoms. The van der Waals surface area contributed by atoms with Crippen LogP contribution in [0.3, 0.4) is 0 Å². The number of para-hydroxylation sites is 1. The lowest BCUT2D eigenvalue weighted by Crippen LogP contribution is -2.42. The predicted molar refractivity (Wildman–Crippen MR) is 112 cm³/mol. The molecule has 1 saturated carbocycles. The van der Waals surface area contributed by atoms with Gasteiger partial charge in [-0.25, -0.2) is 9.67 Å². The van der Waals surface area contributed by atoms with Crippen molar-refractivity contribution in [3.63, 3.8) is 0 Å². The minimum atomic E-state index is 0. The molecule has 5 nitrogen and oxygen atoms in total. The van der Waals surface area contributed by atoms with Gasteiger partial charge in [-0.3, -0.25) is 0 Å². The highest BCUT2D eigenvalue weighted by Crippen LogP contribution is 2.43. The van der Waals surface area contributed by atoms with Crippen molar-refractivity contribution in [2.45, 2.75) is 38.1 Å². The Morgan fingerprint density at radius 1 is 1.20 bits per heavy atom. The van der Waals surface area contributed by atoms with Crippen LogP contribution in [0.2, 0.25) is 0 Å². The number of hydrogen-bond acceptors (Lipinski definition) is 2. The van der Waals surface area contributed by atoms with E-state index in [1.54, 1.807) is 0 Å². The Labute approximate surface area is 166 Å². The van der Waals surface area contributed by atoms with E-state index >= 15 is 0 Å². The lowest BCUT2D eigenvalue weighted by Gasteiger charge is -2.31. The van der Waals surface area contributed by atoms with Crippen molar-refractivity contribution in [2.75, 3.05) is 13.1 Å². The molecule has 2 atom stereocenters. The van der Waals surface area contributed by atoms with Gasteiger partial charge in [-0.2, -0.15) is 5.10 Å². The van der Waals surface area contributed by atoms with Crippen molar-refractivity contribution in [3.8, 4) is 5.69 Å². The topological polar surface area (TPSA) is 59.4 Å². The van der Waals surface area contributed by atoms with Gasteiger partial charge < -0.3 is 10.6 Å². The molecule has 2 heterocycles. The van der Waals surface area contributed by atoms with Gasteiger partial charge in [0.15, 0.2) is 5.96 Å². The summed E-state index contributed by atoms with van der Waals surface area (Å²) in [5.74, 6) is 2.00. The highest BCUT2D eigenvalue weighted by Gasteiger charge is 2.40. The van der Waals surface area contributed by atoms with E-state index in [4.69, 9.17) is 10.7 Å². The molecule has 2 aromatic rings. The number of guanidine groups is 1. The van der Waals surface area contributed by atoms with Gasteiger partial charge in [0.1, 0.15) is 0 Å². The summed E-state index contributed by atoms with van der Waals surface area (Å²) in [4.78, 5) is 7.00. The summed E-state index contributed by atoms with van der Waals surface area (Å²) in [6.45, 7) is 4.39. The third kappa shape index (κ3) is 4.16. The quantitative estimate of drug-likeness (QED) is 0.442. The van der Waals surface area contributed by atoms with Gasteiger partial charge in [-0.05, 0) is 42.9 Å². The van der Waals surface area contributed by atoms with Gasteiger partial charge in [0.2, 0.25) is 0 Å². The van der Waals surface area contributed by atoms with Gasteiger partial charge >= 0.3 is 0 Å². The van der Waals surface area contributed by atoms with Crippen LogP contribution in [-0.4, -0.2) is 39.8 Å². The lowest BCUT2D eigenvalue weighted by atomic mass is 10.00. The molecule has 2 fully saturated rings. The van der Waals surface area contributed by atoms with Crippen LogP contribution >= 0.6 is 24.0 Å². The maximum atomic E-state index is 6.23. The zero-order valence-electron chi connectivity index (χ0n) is 14.6. The smallest absolute Gasteiger partial charge is 0.191 e. The van der Waals surface area contributed by atoms with Crippen molar-refractivity contribution < 1.29 is 0 Å². The second-order valence-corrected chi connectivity index (χ2v) is 7.12. The molecule has 4 rings (SSSR count). The minimum Gasteiger partial charge on any atom is -0.370 e. The molecular formula is C19H26IN5. The van der Waals surface area contributed by atoms with Gasteiger partial charge in [0, 0.05) is 25.2 Å². The van der Waals surface area contributed by atoms with E-state index in [1.165, 1.54) is 18.4 Å². The number of aliphatic imine (C=N–C) groups is 1. The van der Waals surface area contributed by atoms with E-state index in [2.05, 4.69) is 35.3 Å². The first-order valence-electron chi connectivity index (χ1n) is 8.89. The summed E-state index contributed by atoms with van der Waals surface area (Å²) in [6.07, 6.45) is 7.59. The van der Waals surface area contributed by atoms with Crippen molar-refractivity contribution >= 4 is 29.9 Å². The average molecular weight is 451 g/mol. The molecule has 0 radical (unpaired) electrons. The summed E-state index contributed by atoms with van der Waals surface area (Å²) in [5, 5.41) is 4.49. The fourth-order valence-electron chi connectivity index (χ4n) is 3.42. The molecular weight excluding hydrogens is 425 g/mol. The van der Waals surface area contributed by atoms with E-state index in [0.717, 1.165) is 37.1 Å². The molecule has 0 spiro atoms. The summed E-state index contributed by atoms with van der Waals surface area (Å²) in [5.41, 5.74) is 8.57. The largest absolute Gasteiger partial charge is 0.370 e. The van der Waals surface area contributed by atoms with Crippen LogP contribution in [0.1, 0.15) is 37.7 Å². The Balaban J connectivity index is 0.00000182. The Hall–Kier alpha value is -1.57. The van der Waals surface area contributed by atoms with Crippen molar-refractivity contribution in [1.29, 1.82) is 0 Å². The van der Waals surface area contributed by atoms with E-state index in [0.29, 0.717) is 12.0 Å². The van der Waals surface area contributed by atoms with Crippen LogP contribution in [0.5, 0.6) is 0 Å². The minimum absolute atomic E-state index is 0. The molecule has 1 aromatic carbocycles.